The van der Waals surface area contributed by atoms with E-state index < -0.39 is 11.9 Å². The van der Waals surface area contributed by atoms with Gasteiger partial charge in [0.15, 0.2) is 11.6 Å². The first-order chi connectivity index (χ1) is 7.17. The molecule has 0 saturated carbocycles. The molecule has 1 aromatic rings. The third-order valence-corrected chi connectivity index (χ3v) is 2.04. The molecule has 0 fully saturated rings. The molecule has 0 spiro atoms. The van der Waals surface area contributed by atoms with Crippen LogP contribution in [0.15, 0.2) is 18.2 Å². The summed E-state index contributed by atoms with van der Waals surface area (Å²) in [5.74, 6) is -0.165. The highest BCUT2D eigenvalue weighted by Crippen LogP contribution is 2.18. The molecule has 0 aliphatic heterocycles. The molecule has 0 saturated heterocycles. The van der Waals surface area contributed by atoms with Crippen LogP contribution in [0.4, 0.5) is 4.39 Å². The second-order valence-corrected chi connectivity index (χ2v) is 3.29. The molecule has 15 heavy (non-hydrogen) atoms. The highest BCUT2D eigenvalue weighted by molar-refractivity contribution is 5.29. The van der Waals surface area contributed by atoms with Gasteiger partial charge in [-0.3, -0.25) is 0 Å². The van der Waals surface area contributed by atoms with Crippen LogP contribution >= 0.6 is 0 Å². The van der Waals surface area contributed by atoms with Gasteiger partial charge in [0.05, 0.1) is 12.7 Å². The number of ether oxygens (including phenoxy) is 1. The van der Waals surface area contributed by atoms with Gasteiger partial charge in [0.25, 0.3) is 0 Å². The molecule has 1 aromatic carbocycles. The Hall–Kier alpha value is -1.13. The lowest BCUT2D eigenvalue weighted by Gasteiger charge is -2.09. The fraction of sp³-hybridized carbons (Fsp3) is 0.455. The molecule has 4 heteroatoms. The molecule has 1 rings (SSSR count). The largest absolute Gasteiger partial charge is 0.491 e. The van der Waals surface area contributed by atoms with Crippen molar-refractivity contribution in [3.8, 4) is 5.75 Å². The molecule has 0 aromatic heterocycles. The van der Waals surface area contributed by atoms with Crippen molar-refractivity contribution in [3.05, 3.63) is 29.6 Å². The lowest BCUT2D eigenvalue weighted by molar-refractivity contribution is 0.183. The van der Waals surface area contributed by atoms with Crippen molar-refractivity contribution in [3.63, 3.8) is 0 Å². The smallest absolute Gasteiger partial charge is 0.165 e. The first kappa shape index (κ1) is 11.9. The van der Waals surface area contributed by atoms with Gasteiger partial charge in [-0.05, 0) is 31.0 Å². The molecular formula is C11H16FNO2. The van der Waals surface area contributed by atoms with E-state index in [1.54, 1.807) is 19.1 Å². The molecule has 0 heterocycles. The van der Waals surface area contributed by atoms with Crippen molar-refractivity contribution in [2.24, 2.45) is 5.73 Å². The van der Waals surface area contributed by atoms with Crippen LogP contribution < -0.4 is 10.5 Å². The zero-order valence-electron chi connectivity index (χ0n) is 8.74. The predicted molar refractivity (Wildman–Crippen MR) is 56.3 cm³/mol. The fourth-order valence-electron chi connectivity index (χ4n) is 1.30. The lowest BCUT2D eigenvalue weighted by Crippen LogP contribution is -2.22. The maximum atomic E-state index is 13.4. The lowest BCUT2D eigenvalue weighted by atomic mass is 10.1. The van der Waals surface area contributed by atoms with E-state index in [-0.39, 0.29) is 12.3 Å². The van der Waals surface area contributed by atoms with Crippen molar-refractivity contribution in [2.75, 3.05) is 13.2 Å². The molecular weight excluding hydrogens is 197 g/mol. The number of aliphatic hydroxyl groups excluding tert-OH is 1. The van der Waals surface area contributed by atoms with E-state index in [9.17, 15) is 9.50 Å². The molecule has 0 radical (unpaired) electrons. The van der Waals surface area contributed by atoms with Crippen LogP contribution in [0, 0.1) is 5.82 Å². The third-order valence-electron chi connectivity index (χ3n) is 2.04. The van der Waals surface area contributed by atoms with E-state index in [4.69, 9.17) is 10.5 Å². The van der Waals surface area contributed by atoms with Gasteiger partial charge < -0.3 is 15.6 Å². The summed E-state index contributed by atoms with van der Waals surface area (Å²) in [6, 6.07) is 4.66. The Morgan fingerprint density at radius 1 is 1.53 bits per heavy atom. The van der Waals surface area contributed by atoms with Crippen molar-refractivity contribution in [1.29, 1.82) is 0 Å². The summed E-state index contributed by atoms with van der Waals surface area (Å²) in [6.07, 6.45) is -0.262. The minimum absolute atomic E-state index is 0.175. The number of nitrogens with two attached hydrogens (primary N) is 1. The number of rotatable bonds is 5. The topological polar surface area (TPSA) is 55.5 Å². The number of benzene rings is 1. The van der Waals surface area contributed by atoms with Crippen LogP contribution in [-0.4, -0.2) is 24.4 Å². The van der Waals surface area contributed by atoms with Crippen LogP contribution in [0.5, 0.6) is 5.75 Å². The molecule has 0 aliphatic rings. The Morgan fingerprint density at radius 3 is 2.80 bits per heavy atom. The SMILES string of the molecule is CCOc1ccc(CC(O)CN)cc1F. The Morgan fingerprint density at radius 2 is 2.27 bits per heavy atom. The van der Waals surface area contributed by atoms with E-state index in [0.717, 1.165) is 0 Å². The number of aliphatic hydroxyl groups is 1. The Balaban J connectivity index is 2.73. The summed E-state index contributed by atoms with van der Waals surface area (Å²) >= 11 is 0. The van der Waals surface area contributed by atoms with E-state index in [2.05, 4.69) is 0 Å². The van der Waals surface area contributed by atoms with Gasteiger partial charge in [-0.15, -0.1) is 0 Å². The van der Waals surface area contributed by atoms with E-state index in [1.165, 1.54) is 6.07 Å². The fourth-order valence-corrected chi connectivity index (χ4v) is 1.30. The molecule has 3 nitrogen and oxygen atoms in total. The Bertz CT molecular complexity index is 317. The summed E-state index contributed by atoms with van der Waals surface area (Å²) in [5, 5.41) is 9.30. The third kappa shape index (κ3) is 3.49. The van der Waals surface area contributed by atoms with Gasteiger partial charge in [0, 0.05) is 6.54 Å². The molecule has 0 bridgehead atoms. The summed E-state index contributed by atoms with van der Waals surface area (Å²) in [7, 11) is 0. The number of halogens is 1. The van der Waals surface area contributed by atoms with Gasteiger partial charge in [0.2, 0.25) is 0 Å². The molecule has 84 valence electrons. The first-order valence-electron chi connectivity index (χ1n) is 4.96. The number of hydrogen-bond acceptors (Lipinski definition) is 3. The molecule has 0 aliphatic carbocycles. The summed E-state index contributed by atoms with van der Waals surface area (Å²) < 4.78 is 18.4. The van der Waals surface area contributed by atoms with Crippen molar-refractivity contribution in [2.45, 2.75) is 19.4 Å². The zero-order chi connectivity index (χ0) is 11.3. The molecule has 1 unspecified atom stereocenters. The predicted octanol–water partition coefficient (Wildman–Crippen LogP) is 1.09. The maximum Gasteiger partial charge on any atom is 0.165 e. The van der Waals surface area contributed by atoms with Crippen LogP contribution in [0.3, 0.4) is 0 Å². The van der Waals surface area contributed by atoms with E-state index >= 15 is 0 Å². The Labute approximate surface area is 88.7 Å². The second kappa shape index (κ2) is 5.68. The van der Waals surface area contributed by atoms with E-state index in [1.807, 2.05) is 0 Å². The number of hydrogen-bond donors (Lipinski definition) is 2. The van der Waals surface area contributed by atoms with Crippen LogP contribution in [0.25, 0.3) is 0 Å². The molecule has 3 N–H and O–H groups in total. The standard InChI is InChI=1S/C11H16FNO2/c1-2-15-11-4-3-8(6-10(11)12)5-9(14)7-13/h3-4,6,9,14H,2,5,7,13H2,1H3. The monoisotopic (exact) mass is 213 g/mol. The maximum absolute atomic E-state index is 13.4. The summed E-state index contributed by atoms with van der Waals surface area (Å²) in [4.78, 5) is 0. The van der Waals surface area contributed by atoms with Crippen molar-refractivity contribution in [1.82, 2.24) is 0 Å². The van der Waals surface area contributed by atoms with Gasteiger partial charge >= 0.3 is 0 Å². The molecule has 1 atom stereocenters. The molecule has 0 amide bonds. The van der Waals surface area contributed by atoms with Gasteiger partial charge in [-0.25, -0.2) is 4.39 Å². The van der Waals surface area contributed by atoms with Gasteiger partial charge in [-0.2, -0.15) is 0 Å². The summed E-state index contributed by atoms with van der Waals surface area (Å²) in [5.41, 5.74) is 5.98. The van der Waals surface area contributed by atoms with Crippen LogP contribution in [0.1, 0.15) is 12.5 Å². The van der Waals surface area contributed by atoms with Crippen molar-refractivity contribution >= 4 is 0 Å². The van der Waals surface area contributed by atoms with E-state index in [0.29, 0.717) is 18.6 Å². The van der Waals surface area contributed by atoms with Crippen LogP contribution in [0.2, 0.25) is 0 Å². The van der Waals surface area contributed by atoms with Crippen molar-refractivity contribution < 1.29 is 14.2 Å². The average molecular weight is 213 g/mol. The highest BCUT2D eigenvalue weighted by atomic mass is 19.1. The van der Waals surface area contributed by atoms with Gasteiger partial charge in [0.1, 0.15) is 0 Å². The minimum Gasteiger partial charge on any atom is -0.491 e. The van der Waals surface area contributed by atoms with Crippen LogP contribution in [-0.2, 0) is 6.42 Å². The first-order valence-corrected chi connectivity index (χ1v) is 4.96. The zero-order valence-corrected chi connectivity index (χ0v) is 8.74. The summed E-state index contributed by atoms with van der Waals surface area (Å²) in [6.45, 7) is 2.40. The second-order valence-electron chi connectivity index (χ2n) is 3.29. The normalized spacial score (nSPS) is 12.5. The Kier molecular flexibility index (Phi) is 4.52. The van der Waals surface area contributed by atoms with Gasteiger partial charge in [-0.1, -0.05) is 6.07 Å². The quantitative estimate of drug-likeness (QED) is 0.769. The average Bonchev–Trinajstić information content (AvgIpc) is 2.22. The highest BCUT2D eigenvalue weighted by Gasteiger charge is 2.07. The minimum atomic E-state index is -0.623.